The topological polar surface area (TPSA) is 75.7 Å². The second-order valence-electron chi connectivity index (χ2n) is 6.61. The van der Waals surface area contributed by atoms with Gasteiger partial charge in [-0.05, 0) is 12.0 Å². The van der Waals surface area contributed by atoms with Crippen LogP contribution in [0.2, 0.25) is 0 Å². The van der Waals surface area contributed by atoms with Gasteiger partial charge in [0.1, 0.15) is 6.61 Å². The molecule has 3 amide bonds. The molecular weight excluding hydrogens is 296 g/mol. The quantitative estimate of drug-likeness (QED) is 0.913. The van der Waals surface area contributed by atoms with E-state index >= 15 is 0 Å². The monoisotopic (exact) mass is 316 g/mol. The Morgan fingerprint density at radius 3 is 2.61 bits per heavy atom. The van der Waals surface area contributed by atoms with Crippen molar-refractivity contribution in [2.24, 2.45) is 11.3 Å². The summed E-state index contributed by atoms with van der Waals surface area (Å²) in [4.78, 5) is 38.0. The van der Waals surface area contributed by atoms with E-state index in [1.165, 1.54) is 4.90 Å². The third kappa shape index (κ3) is 2.69. The van der Waals surface area contributed by atoms with Crippen molar-refractivity contribution in [3.63, 3.8) is 0 Å². The molecule has 6 heteroatoms. The van der Waals surface area contributed by atoms with Crippen LogP contribution in [0.5, 0.6) is 0 Å². The molecule has 1 aromatic rings. The molecule has 0 radical (unpaired) electrons. The SMILES string of the molecule is CC1(C)C(=O)NC[C@@H]1C(=O)N1C(=O)OCC1Cc1ccccc1. The first-order chi connectivity index (χ1) is 10.9. The van der Waals surface area contributed by atoms with Gasteiger partial charge in [0, 0.05) is 6.54 Å². The lowest BCUT2D eigenvalue weighted by molar-refractivity contribution is -0.139. The highest BCUT2D eigenvalue weighted by Gasteiger charge is 2.51. The number of benzene rings is 1. The molecule has 122 valence electrons. The minimum atomic E-state index is -0.822. The number of nitrogens with one attached hydrogen (secondary N) is 1. The van der Waals surface area contributed by atoms with Gasteiger partial charge in [-0.25, -0.2) is 9.69 Å². The fraction of sp³-hybridized carbons (Fsp3) is 0.471. The largest absolute Gasteiger partial charge is 0.447 e. The molecule has 2 aliphatic rings. The molecule has 3 rings (SSSR count). The smallest absolute Gasteiger partial charge is 0.416 e. The van der Waals surface area contributed by atoms with E-state index in [1.807, 2.05) is 30.3 Å². The van der Waals surface area contributed by atoms with E-state index in [1.54, 1.807) is 13.8 Å². The number of hydrogen-bond donors (Lipinski definition) is 1. The van der Waals surface area contributed by atoms with Crippen LogP contribution in [-0.2, 0) is 20.7 Å². The molecule has 2 fully saturated rings. The molecule has 23 heavy (non-hydrogen) atoms. The first kappa shape index (κ1) is 15.5. The lowest BCUT2D eigenvalue weighted by atomic mass is 9.80. The van der Waals surface area contributed by atoms with Gasteiger partial charge < -0.3 is 10.1 Å². The van der Waals surface area contributed by atoms with Gasteiger partial charge in [-0.2, -0.15) is 0 Å². The standard InChI is InChI=1S/C17H20N2O4/c1-17(2)13(9-18-15(17)21)14(20)19-12(10-23-16(19)22)8-11-6-4-3-5-7-11/h3-7,12-13H,8-10H2,1-2H3,(H,18,21)/t12?,13-/m1/s1. The lowest BCUT2D eigenvalue weighted by Crippen LogP contribution is -2.47. The molecule has 0 aliphatic carbocycles. The van der Waals surface area contributed by atoms with Gasteiger partial charge in [-0.3, -0.25) is 9.59 Å². The Labute approximate surface area is 134 Å². The van der Waals surface area contributed by atoms with Crippen LogP contribution in [0.3, 0.4) is 0 Å². The Morgan fingerprint density at radius 2 is 2.00 bits per heavy atom. The molecule has 0 aromatic heterocycles. The highest BCUT2D eigenvalue weighted by atomic mass is 16.6. The number of carbonyl (C=O) groups is 3. The Balaban J connectivity index is 1.80. The van der Waals surface area contributed by atoms with Crippen molar-refractivity contribution in [2.75, 3.05) is 13.2 Å². The van der Waals surface area contributed by atoms with Crippen LogP contribution >= 0.6 is 0 Å². The van der Waals surface area contributed by atoms with Gasteiger partial charge in [0.15, 0.2) is 0 Å². The fourth-order valence-electron chi connectivity index (χ4n) is 3.17. The van der Waals surface area contributed by atoms with Crippen LogP contribution in [-0.4, -0.2) is 42.0 Å². The average Bonchev–Trinajstić information content (AvgIpc) is 3.00. The zero-order valence-electron chi connectivity index (χ0n) is 13.2. The van der Waals surface area contributed by atoms with E-state index < -0.39 is 17.4 Å². The first-order valence-corrected chi connectivity index (χ1v) is 7.73. The van der Waals surface area contributed by atoms with Gasteiger partial charge in [0.2, 0.25) is 11.8 Å². The van der Waals surface area contributed by atoms with Crippen LogP contribution in [0.15, 0.2) is 30.3 Å². The summed E-state index contributed by atoms with van der Waals surface area (Å²) in [6.07, 6.45) is -0.0709. The summed E-state index contributed by atoms with van der Waals surface area (Å²) in [7, 11) is 0. The summed E-state index contributed by atoms with van der Waals surface area (Å²) in [6.45, 7) is 3.90. The van der Waals surface area contributed by atoms with Crippen molar-refractivity contribution >= 4 is 17.9 Å². The van der Waals surface area contributed by atoms with E-state index in [-0.39, 0.29) is 31.0 Å². The maximum Gasteiger partial charge on any atom is 0.416 e. The van der Waals surface area contributed by atoms with Crippen molar-refractivity contribution in [3.05, 3.63) is 35.9 Å². The maximum atomic E-state index is 12.9. The molecule has 2 aliphatic heterocycles. The highest BCUT2D eigenvalue weighted by molar-refractivity contribution is 6.00. The minimum Gasteiger partial charge on any atom is -0.447 e. The Morgan fingerprint density at radius 1 is 1.30 bits per heavy atom. The summed E-state index contributed by atoms with van der Waals surface area (Å²) in [6, 6.07) is 9.33. The second-order valence-corrected chi connectivity index (χ2v) is 6.61. The summed E-state index contributed by atoms with van der Waals surface area (Å²) < 4.78 is 5.09. The van der Waals surface area contributed by atoms with Crippen LogP contribution in [0.4, 0.5) is 4.79 Å². The van der Waals surface area contributed by atoms with Crippen LogP contribution in [0, 0.1) is 11.3 Å². The van der Waals surface area contributed by atoms with Gasteiger partial charge >= 0.3 is 6.09 Å². The molecule has 2 saturated heterocycles. The molecule has 6 nitrogen and oxygen atoms in total. The minimum absolute atomic E-state index is 0.164. The fourth-order valence-corrected chi connectivity index (χ4v) is 3.17. The average molecular weight is 316 g/mol. The Bertz CT molecular complexity index is 641. The number of amides is 3. The third-order valence-electron chi connectivity index (χ3n) is 4.73. The van der Waals surface area contributed by atoms with Crippen LogP contribution in [0.25, 0.3) is 0 Å². The van der Waals surface area contributed by atoms with E-state index in [4.69, 9.17) is 4.74 Å². The van der Waals surface area contributed by atoms with Crippen molar-refractivity contribution in [3.8, 4) is 0 Å². The number of ether oxygens (including phenoxy) is 1. The molecule has 0 saturated carbocycles. The first-order valence-electron chi connectivity index (χ1n) is 7.73. The van der Waals surface area contributed by atoms with Crippen molar-refractivity contribution in [2.45, 2.75) is 26.3 Å². The van der Waals surface area contributed by atoms with Gasteiger partial charge in [0.25, 0.3) is 0 Å². The normalized spacial score (nSPS) is 26.1. The van der Waals surface area contributed by atoms with Crippen molar-refractivity contribution in [1.29, 1.82) is 0 Å². The second kappa shape index (κ2) is 5.68. The lowest BCUT2D eigenvalue weighted by Gasteiger charge is -2.28. The van der Waals surface area contributed by atoms with E-state index in [9.17, 15) is 14.4 Å². The Hall–Kier alpha value is -2.37. The number of cyclic esters (lactones) is 1. The molecule has 0 bridgehead atoms. The van der Waals surface area contributed by atoms with E-state index in [2.05, 4.69) is 5.32 Å². The number of nitrogens with zero attached hydrogens (tertiary/aromatic N) is 1. The highest BCUT2D eigenvalue weighted by Crippen LogP contribution is 2.34. The zero-order valence-corrected chi connectivity index (χ0v) is 13.2. The summed E-state index contributed by atoms with van der Waals surface area (Å²) in [5, 5.41) is 2.71. The van der Waals surface area contributed by atoms with Crippen LogP contribution < -0.4 is 5.32 Å². The van der Waals surface area contributed by atoms with Crippen LogP contribution in [0.1, 0.15) is 19.4 Å². The van der Waals surface area contributed by atoms with Crippen molar-refractivity contribution < 1.29 is 19.1 Å². The van der Waals surface area contributed by atoms with E-state index in [0.717, 1.165) is 5.56 Å². The zero-order chi connectivity index (χ0) is 16.6. The summed E-state index contributed by atoms with van der Waals surface area (Å²) >= 11 is 0. The summed E-state index contributed by atoms with van der Waals surface area (Å²) in [5.41, 5.74) is 0.213. The number of imide groups is 1. The van der Waals surface area contributed by atoms with Gasteiger partial charge in [-0.1, -0.05) is 44.2 Å². The number of hydrogen-bond acceptors (Lipinski definition) is 4. The predicted molar refractivity (Wildman–Crippen MR) is 82.4 cm³/mol. The number of carbonyl (C=O) groups excluding carboxylic acids is 3. The van der Waals surface area contributed by atoms with Gasteiger partial charge in [-0.15, -0.1) is 0 Å². The summed E-state index contributed by atoms with van der Waals surface area (Å²) in [5.74, 6) is -1.06. The predicted octanol–water partition coefficient (Wildman–Crippen LogP) is 1.35. The van der Waals surface area contributed by atoms with E-state index in [0.29, 0.717) is 6.42 Å². The molecular formula is C17H20N2O4. The maximum absolute atomic E-state index is 12.9. The van der Waals surface area contributed by atoms with Crippen molar-refractivity contribution in [1.82, 2.24) is 10.2 Å². The number of rotatable bonds is 3. The molecule has 1 unspecified atom stereocenters. The third-order valence-corrected chi connectivity index (χ3v) is 4.73. The molecule has 2 atom stereocenters. The molecule has 1 N–H and O–H groups in total. The van der Waals surface area contributed by atoms with Gasteiger partial charge in [0.05, 0.1) is 17.4 Å². The molecule has 2 heterocycles. The molecule has 1 aromatic carbocycles. The Kier molecular flexibility index (Phi) is 3.83. The molecule has 0 spiro atoms.